The van der Waals surface area contributed by atoms with Gasteiger partial charge in [-0.3, -0.25) is 19.7 Å². The van der Waals surface area contributed by atoms with Gasteiger partial charge < -0.3 is 10.8 Å². The number of aldehydes is 1. The molecule has 0 bridgehead atoms. The highest BCUT2D eigenvalue weighted by Crippen LogP contribution is 2.30. The second kappa shape index (κ2) is 4.88. The largest absolute Gasteiger partial charge is 0.502 e. The fourth-order valence-corrected chi connectivity index (χ4v) is 1.17. The van der Waals surface area contributed by atoms with Crippen molar-refractivity contribution in [2.75, 3.05) is 0 Å². The number of nitro benzene ring substituents is 1. The Bertz CT molecular complexity index is 522. The van der Waals surface area contributed by atoms with Gasteiger partial charge in [-0.05, 0) is 17.7 Å². The van der Waals surface area contributed by atoms with E-state index in [-0.39, 0.29) is 17.4 Å². The number of benzene rings is 1. The average molecular weight is 236 g/mol. The molecule has 7 heteroatoms. The van der Waals surface area contributed by atoms with Crippen molar-refractivity contribution in [3.63, 3.8) is 0 Å². The number of hydrogen-bond donors (Lipinski definition) is 2. The van der Waals surface area contributed by atoms with E-state index in [1.165, 1.54) is 12.1 Å². The number of rotatable bonds is 4. The standard InChI is InChI=1S/C10H8N2O5/c11-9(14)2-1-6-3-7(5-13)10(15)8(4-6)12(16)17/h1-5,15H,(H2,11,14). The molecule has 0 atom stereocenters. The molecule has 0 aliphatic rings. The molecule has 0 radical (unpaired) electrons. The summed E-state index contributed by atoms with van der Waals surface area (Å²) < 4.78 is 0. The molecule has 88 valence electrons. The molecule has 1 rings (SSSR count). The molecule has 1 aromatic rings. The number of phenolic OH excluding ortho intramolecular Hbond substituents is 1. The van der Waals surface area contributed by atoms with Crippen LogP contribution in [0, 0.1) is 10.1 Å². The van der Waals surface area contributed by atoms with Crippen LogP contribution in [0.15, 0.2) is 18.2 Å². The molecule has 0 aliphatic carbocycles. The summed E-state index contributed by atoms with van der Waals surface area (Å²) in [4.78, 5) is 30.9. The number of nitrogens with two attached hydrogens (primary N) is 1. The summed E-state index contributed by atoms with van der Waals surface area (Å²) in [6.07, 6.45) is 2.48. The molecule has 0 aliphatic heterocycles. The maximum atomic E-state index is 10.6. The van der Waals surface area contributed by atoms with Crippen LogP contribution >= 0.6 is 0 Å². The lowest BCUT2D eigenvalue weighted by Gasteiger charge is -2.01. The Kier molecular flexibility index (Phi) is 3.55. The molecular weight excluding hydrogens is 228 g/mol. The Morgan fingerprint density at radius 3 is 2.59 bits per heavy atom. The van der Waals surface area contributed by atoms with E-state index >= 15 is 0 Å². The zero-order chi connectivity index (χ0) is 13.0. The van der Waals surface area contributed by atoms with Gasteiger partial charge in [0.1, 0.15) is 0 Å². The summed E-state index contributed by atoms with van der Waals surface area (Å²) in [6.45, 7) is 0. The highest BCUT2D eigenvalue weighted by atomic mass is 16.6. The SMILES string of the molecule is NC(=O)C=Cc1cc(C=O)c(O)c([N+](=O)[O-])c1. The Hall–Kier alpha value is -2.70. The molecule has 0 saturated heterocycles. The predicted molar refractivity (Wildman–Crippen MR) is 58.4 cm³/mol. The quantitative estimate of drug-likeness (QED) is 0.343. The lowest BCUT2D eigenvalue weighted by atomic mass is 10.1. The Balaban J connectivity index is 3.34. The second-order valence-corrected chi connectivity index (χ2v) is 3.09. The third-order valence-corrected chi connectivity index (χ3v) is 1.91. The molecule has 3 N–H and O–H groups in total. The van der Waals surface area contributed by atoms with Gasteiger partial charge in [0.2, 0.25) is 11.7 Å². The maximum absolute atomic E-state index is 10.6. The number of hydrogen-bond acceptors (Lipinski definition) is 5. The Morgan fingerprint density at radius 1 is 1.47 bits per heavy atom. The summed E-state index contributed by atoms with van der Waals surface area (Å²) >= 11 is 0. The zero-order valence-electron chi connectivity index (χ0n) is 8.49. The van der Waals surface area contributed by atoms with Gasteiger partial charge >= 0.3 is 5.69 Å². The maximum Gasteiger partial charge on any atom is 0.312 e. The third-order valence-electron chi connectivity index (χ3n) is 1.91. The molecule has 7 nitrogen and oxygen atoms in total. The first-order chi connectivity index (χ1) is 7.95. The minimum atomic E-state index is -0.829. The van der Waals surface area contributed by atoms with Crippen molar-refractivity contribution in [2.45, 2.75) is 0 Å². The van der Waals surface area contributed by atoms with Crippen LogP contribution in [-0.2, 0) is 4.79 Å². The summed E-state index contributed by atoms with van der Waals surface area (Å²) in [5, 5.41) is 20.0. The van der Waals surface area contributed by atoms with Crippen molar-refractivity contribution in [3.8, 4) is 5.75 Å². The van der Waals surface area contributed by atoms with E-state index in [2.05, 4.69) is 0 Å². The highest BCUT2D eigenvalue weighted by Gasteiger charge is 2.17. The van der Waals surface area contributed by atoms with E-state index in [1.807, 2.05) is 0 Å². The van der Waals surface area contributed by atoms with Crippen LogP contribution in [-0.4, -0.2) is 22.2 Å². The minimum absolute atomic E-state index is 0.218. The van der Waals surface area contributed by atoms with Crippen LogP contribution in [0.4, 0.5) is 5.69 Å². The molecule has 1 aromatic carbocycles. The Morgan fingerprint density at radius 2 is 2.12 bits per heavy atom. The molecule has 0 unspecified atom stereocenters. The number of carbonyl (C=O) groups excluding carboxylic acids is 2. The first kappa shape index (κ1) is 12.4. The molecule has 0 aromatic heterocycles. The van der Waals surface area contributed by atoms with Crippen LogP contribution in [0.1, 0.15) is 15.9 Å². The summed E-state index contributed by atoms with van der Waals surface area (Å²) in [7, 11) is 0. The van der Waals surface area contributed by atoms with Crippen LogP contribution in [0.3, 0.4) is 0 Å². The third kappa shape index (κ3) is 2.88. The lowest BCUT2D eigenvalue weighted by Crippen LogP contribution is -2.05. The van der Waals surface area contributed by atoms with Gasteiger partial charge in [0, 0.05) is 12.1 Å². The topological polar surface area (TPSA) is 124 Å². The monoisotopic (exact) mass is 236 g/mol. The van der Waals surface area contributed by atoms with Crippen LogP contribution in [0.5, 0.6) is 5.75 Å². The second-order valence-electron chi connectivity index (χ2n) is 3.09. The summed E-state index contributed by atoms with van der Waals surface area (Å²) in [5.41, 5.74) is 4.23. The van der Waals surface area contributed by atoms with Gasteiger partial charge in [-0.2, -0.15) is 0 Å². The van der Waals surface area contributed by atoms with Crippen molar-refractivity contribution in [1.82, 2.24) is 0 Å². The molecule has 1 amide bonds. The summed E-state index contributed by atoms with van der Waals surface area (Å²) in [5.74, 6) is -1.44. The number of amides is 1. The predicted octanol–water partition coefficient (Wildman–Crippen LogP) is 0.611. The van der Waals surface area contributed by atoms with Crippen molar-refractivity contribution in [2.24, 2.45) is 5.73 Å². The number of aromatic hydroxyl groups is 1. The van der Waals surface area contributed by atoms with E-state index in [0.29, 0.717) is 0 Å². The van der Waals surface area contributed by atoms with Crippen molar-refractivity contribution in [3.05, 3.63) is 39.4 Å². The van der Waals surface area contributed by atoms with E-state index in [1.54, 1.807) is 0 Å². The van der Waals surface area contributed by atoms with E-state index in [0.717, 1.165) is 12.1 Å². The Labute approximate surface area is 95.3 Å². The molecule has 0 saturated carbocycles. The first-order valence-corrected chi connectivity index (χ1v) is 4.39. The molecule has 0 fully saturated rings. The number of carbonyl (C=O) groups is 2. The lowest BCUT2D eigenvalue weighted by molar-refractivity contribution is -0.385. The van der Waals surface area contributed by atoms with Gasteiger partial charge in [-0.15, -0.1) is 0 Å². The zero-order valence-corrected chi connectivity index (χ0v) is 8.49. The van der Waals surface area contributed by atoms with Crippen LogP contribution in [0.25, 0.3) is 6.08 Å². The molecule has 0 heterocycles. The van der Waals surface area contributed by atoms with Gasteiger partial charge in [0.15, 0.2) is 6.29 Å². The van der Waals surface area contributed by atoms with Gasteiger partial charge in [-0.25, -0.2) is 0 Å². The smallest absolute Gasteiger partial charge is 0.312 e. The fraction of sp³-hybridized carbons (Fsp3) is 0. The normalized spacial score (nSPS) is 10.4. The first-order valence-electron chi connectivity index (χ1n) is 4.39. The van der Waals surface area contributed by atoms with Gasteiger partial charge in [0.25, 0.3) is 0 Å². The van der Waals surface area contributed by atoms with E-state index in [9.17, 15) is 24.8 Å². The fourth-order valence-electron chi connectivity index (χ4n) is 1.17. The molecule has 0 spiro atoms. The number of phenols is 1. The van der Waals surface area contributed by atoms with E-state index in [4.69, 9.17) is 5.73 Å². The molecular formula is C10H8N2O5. The minimum Gasteiger partial charge on any atom is -0.502 e. The number of primary amides is 1. The number of nitrogens with zero attached hydrogens (tertiary/aromatic N) is 1. The van der Waals surface area contributed by atoms with E-state index < -0.39 is 22.3 Å². The van der Waals surface area contributed by atoms with Gasteiger partial charge in [0.05, 0.1) is 10.5 Å². The van der Waals surface area contributed by atoms with Crippen LogP contribution < -0.4 is 5.73 Å². The van der Waals surface area contributed by atoms with Crippen molar-refractivity contribution < 1.29 is 19.6 Å². The molecule has 17 heavy (non-hydrogen) atoms. The summed E-state index contributed by atoms with van der Waals surface area (Å²) in [6, 6.07) is 2.23. The van der Waals surface area contributed by atoms with Crippen LogP contribution in [0.2, 0.25) is 0 Å². The highest BCUT2D eigenvalue weighted by molar-refractivity contribution is 5.91. The van der Waals surface area contributed by atoms with Crippen molar-refractivity contribution in [1.29, 1.82) is 0 Å². The van der Waals surface area contributed by atoms with Gasteiger partial charge in [-0.1, -0.05) is 0 Å². The number of nitro groups is 1. The average Bonchev–Trinajstić information content (AvgIpc) is 2.27. The van der Waals surface area contributed by atoms with Crippen molar-refractivity contribution >= 4 is 24.0 Å².